The molecule has 0 aliphatic heterocycles. The number of methoxy groups -OCH3 is 1. The van der Waals surface area contributed by atoms with Crippen LogP contribution in [0.3, 0.4) is 0 Å². The maximum Gasteiger partial charge on any atom is 0.190 e. The normalized spacial score (nSPS) is 10.6. The Morgan fingerprint density at radius 3 is 2.63 bits per heavy atom. The van der Waals surface area contributed by atoms with Gasteiger partial charge in [-0.2, -0.15) is 0 Å². The van der Waals surface area contributed by atoms with Gasteiger partial charge in [-0.05, 0) is 31.9 Å². The molecule has 0 aliphatic carbocycles. The first-order chi connectivity index (χ1) is 8.71. The van der Waals surface area contributed by atoms with Crippen LogP contribution in [0, 0.1) is 6.92 Å². The highest BCUT2D eigenvalue weighted by Crippen LogP contribution is 2.19. The van der Waals surface area contributed by atoms with Gasteiger partial charge in [-0.3, -0.25) is 4.99 Å². The molecule has 0 saturated heterocycles. The predicted molar refractivity (Wildman–Crippen MR) is 91.9 cm³/mol. The number of benzene rings is 1. The van der Waals surface area contributed by atoms with Crippen molar-refractivity contribution in [3.05, 3.63) is 29.3 Å². The third-order valence-electron chi connectivity index (χ3n) is 2.69. The van der Waals surface area contributed by atoms with Gasteiger partial charge in [-0.25, -0.2) is 0 Å². The Kier molecular flexibility index (Phi) is 9.38. The molecule has 0 fully saturated rings. The van der Waals surface area contributed by atoms with Crippen LogP contribution in [0.4, 0.5) is 0 Å². The lowest BCUT2D eigenvalue weighted by Gasteiger charge is -2.12. The summed E-state index contributed by atoms with van der Waals surface area (Å²) in [6.45, 7) is 5.84. The standard InChI is InChI=1S/C14H23N3O.HI/c1-5-16-14(15-3)17-9-8-12-10-11(2)6-7-13(12)18-4;/h6-7,10H,5,8-9H2,1-4H3,(H2,15,16,17);1H. The Labute approximate surface area is 133 Å². The zero-order valence-corrected chi connectivity index (χ0v) is 14.4. The maximum atomic E-state index is 5.36. The maximum absolute atomic E-state index is 5.36. The van der Waals surface area contributed by atoms with Crippen LogP contribution in [0.25, 0.3) is 0 Å². The van der Waals surface area contributed by atoms with Crippen molar-refractivity contribution in [1.82, 2.24) is 10.6 Å². The largest absolute Gasteiger partial charge is 0.496 e. The molecule has 0 spiro atoms. The van der Waals surface area contributed by atoms with E-state index in [0.717, 1.165) is 31.2 Å². The summed E-state index contributed by atoms with van der Waals surface area (Å²) in [5, 5.41) is 6.44. The van der Waals surface area contributed by atoms with Gasteiger partial charge in [0.05, 0.1) is 7.11 Å². The molecule has 2 N–H and O–H groups in total. The Balaban J connectivity index is 0.00000324. The van der Waals surface area contributed by atoms with E-state index in [1.807, 2.05) is 6.07 Å². The summed E-state index contributed by atoms with van der Waals surface area (Å²) in [6.07, 6.45) is 0.912. The van der Waals surface area contributed by atoms with Crippen LogP contribution < -0.4 is 15.4 Å². The quantitative estimate of drug-likeness (QED) is 0.471. The van der Waals surface area contributed by atoms with E-state index in [1.165, 1.54) is 11.1 Å². The van der Waals surface area contributed by atoms with Gasteiger partial charge in [0.15, 0.2) is 5.96 Å². The molecular weight excluding hydrogens is 353 g/mol. The van der Waals surface area contributed by atoms with Crippen molar-refractivity contribution in [3.63, 3.8) is 0 Å². The minimum Gasteiger partial charge on any atom is -0.496 e. The predicted octanol–water partition coefficient (Wildman–Crippen LogP) is 2.35. The van der Waals surface area contributed by atoms with E-state index in [4.69, 9.17) is 4.74 Å². The number of nitrogens with zero attached hydrogens (tertiary/aromatic N) is 1. The molecule has 5 heteroatoms. The van der Waals surface area contributed by atoms with Gasteiger partial charge < -0.3 is 15.4 Å². The zero-order chi connectivity index (χ0) is 13.4. The summed E-state index contributed by atoms with van der Waals surface area (Å²) in [6, 6.07) is 6.24. The van der Waals surface area contributed by atoms with Crippen molar-refractivity contribution in [2.75, 3.05) is 27.2 Å². The number of halogens is 1. The molecule has 0 radical (unpaired) electrons. The minimum atomic E-state index is 0. The average Bonchev–Trinajstić information content (AvgIpc) is 2.38. The molecule has 0 amide bonds. The van der Waals surface area contributed by atoms with Gasteiger partial charge in [0, 0.05) is 20.1 Å². The van der Waals surface area contributed by atoms with Gasteiger partial charge in [0.2, 0.25) is 0 Å². The lowest BCUT2D eigenvalue weighted by atomic mass is 10.1. The molecule has 0 unspecified atom stereocenters. The zero-order valence-electron chi connectivity index (χ0n) is 12.1. The van der Waals surface area contributed by atoms with E-state index in [-0.39, 0.29) is 24.0 Å². The number of aryl methyl sites for hydroxylation is 1. The fourth-order valence-electron chi connectivity index (χ4n) is 1.81. The molecule has 0 atom stereocenters. The molecular formula is C14H24IN3O. The number of hydrogen-bond acceptors (Lipinski definition) is 2. The van der Waals surface area contributed by atoms with Crippen molar-refractivity contribution in [2.24, 2.45) is 4.99 Å². The van der Waals surface area contributed by atoms with Crippen molar-refractivity contribution in [1.29, 1.82) is 0 Å². The molecule has 108 valence electrons. The molecule has 0 aromatic heterocycles. The van der Waals surface area contributed by atoms with Crippen LogP contribution in [0.5, 0.6) is 5.75 Å². The summed E-state index contributed by atoms with van der Waals surface area (Å²) >= 11 is 0. The fraction of sp³-hybridized carbons (Fsp3) is 0.500. The third-order valence-corrected chi connectivity index (χ3v) is 2.69. The molecule has 0 saturated carbocycles. The fourth-order valence-corrected chi connectivity index (χ4v) is 1.81. The van der Waals surface area contributed by atoms with Gasteiger partial charge in [-0.15, -0.1) is 24.0 Å². The Morgan fingerprint density at radius 2 is 2.05 bits per heavy atom. The van der Waals surface area contributed by atoms with Crippen LogP contribution in [-0.2, 0) is 6.42 Å². The van der Waals surface area contributed by atoms with Crippen molar-refractivity contribution < 1.29 is 4.74 Å². The second-order valence-corrected chi connectivity index (χ2v) is 4.09. The summed E-state index contributed by atoms with van der Waals surface area (Å²) in [4.78, 5) is 4.13. The van der Waals surface area contributed by atoms with E-state index < -0.39 is 0 Å². The molecule has 19 heavy (non-hydrogen) atoms. The Hall–Kier alpha value is -0.980. The van der Waals surface area contributed by atoms with Crippen LogP contribution in [-0.4, -0.2) is 33.2 Å². The highest BCUT2D eigenvalue weighted by molar-refractivity contribution is 14.0. The number of guanidine groups is 1. The first kappa shape index (κ1) is 18.0. The van der Waals surface area contributed by atoms with Gasteiger partial charge >= 0.3 is 0 Å². The first-order valence-corrected chi connectivity index (χ1v) is 6.29. The van der Waals surface area contributed by atoms with Gasteiger partial charge in [0.25, 0.3) is 0 Å². The SMILES string of the molecule is CCNC(=NC)NCCc1cc(C)ccc1OC.I. The average molecular weight is 377 g/mol. The van der Waals surface area contributed by atoms with Crippen LogP contribution in [0.15, 0.2) is 23.2 Å². The minimum absolute atomic E-state index is 0. The molecule has 1 rings (SSSR count). The van der Waals surface area contributed by atoms with E-state index >= 15 is 0 Å². The van der Waals surface area contributed by atoms with E-state index in [1.54, 1.807) is 14.2 Å². The van der Waals surface area contributed by atoms with E-state index in [9.17, 15) is 0 Å². The molecule has 1 aromatic rings. The van der Waals surface area contributed by atoms with Crippen LogP contribution >= 0.6 is 24.0 Å². The molecule has 0 bridgehead atoms. The lowest BCUT2D eigenvalue weighted by molar-refractivity contribution is 0.409. The number of nitrogens with one attached hydrogen (secondary N) is 2. The number of ether oxygens (including phenoxy) is 1. The number of rotatable bonds is 5. The lowest BCUT2D eigenvalue weighted by Crippen LogP contribution is -2.38. The smallest absolute Gasteiger partial charge is 0.190 e. The van der Waals surface area contributed by atoms with Gasteiger partial charge in [0.1, 0.15) is 5.75 Å². The molecule has 0 aliphatic rings. The summed E-state index contributed by atoms with van der Waals surface area (Å²) in [7, 11) is 3.48. The second kappa shape index (κ2) is 9.89. The summed E-state index contributed by atoms with van der Waals surface area (Å²) in [5.41, 5.74) is 2.47. The highest BCUT2D eigenvalue weighted by atomic mass is 127. The number of aliphatic imine (C=N–C) groups is 1. The third kappa shape index (κ3) is 6.13. The van der Waals surface area contributed by atoms with Crippen molar-refractivity contribution in [3.8, 4) is 5.75 Å². The van der Waals surface area contributed by atoms with Crippen LogP contribution in [0.2, 0.25) is 0 Å². The highest BCUT2D eigenvalue weighted by Gasteiger charge is 2.03. The van der Waals surface area contributed by atoms with Crippen molar-refractivity contribution >= 4 is 29.9 Å². The first-order valence-electron chi connectivity index (χ1n) is 6.29. The Bertz CT molecular complexity index is 408. The van der Waals surface area contributed by atoms with Crippen molar-refractivity contribution in [2.45, 2.75) is 20.3 Å². The summed E-state index contributed by atoms with van der Waals surface area (Å²) < 4.78 is 5.36. The topological polar surface area (TPSA) is 45.7 Å². The summed E-state index contributed by atoms with van der Waals surface area (Å²) in [5.74, 6) is 1.78. The molecule has 4 nitrogen and oxygen atoms in total. The van der Waals surface area contributed by atoms with E-state index in [2.05, 4.69) is 41.6 Å². The molecule has 0 heterocycles. The molecule has 1 aromatic carbocycles. The number of hydrogen-bond donors (Lipinski definition) is 2. The van der Waals surface area contributed by atoms with Gasteiger partial charge in [-0.1, -0.05) is 17.7 Å². The monoisotopic (exact) mass is 377 g/mol. The Morgan fingerprint density at radius 1 is 1.32 bits per heavy atom. The van der Waals surface area contributed by atoms with E-state index in [0.29, 0.717) is 0 Å². The second-order valence-electron chi connectivity index (χ2n) is 4.09. The van der Waals surface area contributed by atoms with Crippen LogP contribution in [0.1, 0.15) is 18.1 Å².